The maximum absolute atomic E-state index is 12.7. The van der Waals surface area contributed by atoms with Gasteiger partial charge < -0.3 is 9.13 Å². The summed E-state index contributed by atoms with van der Waals surface area (Å²) in [5.74, 6) is 0.446. The highest BCUT2D eigenvalue weighted by atomic mass is 16.1. The number of nitrogens with zero attached hydrogens (tertiary/aromatic N) is 3. The van der Waals surface area contributed by atoms with Crippen LogP contribution in [0.3, 0.4) is 0 Å². The van der Waals surface area contributed by atoms with E-state index in [1.54, 1.807) is 17.0 Å². The van der Waals surface area contributed by atoms with E-state index in [9.17, 15) is 4.79 Å². The van der Waals surface area contributed by atoms with Crippen molar-refractivity contribution >= 4 is 16.7 Å². The molecule has 0 saturated carbocycles. The Kier molecular flexibility index (Phi) is 2.52. The highest BCUT2D eigenvalue weighted by molar-refractivity contribution is 6.16. The Morgan fingerprint density at radius 2 is 1.95 bits per heavy atom. The molecule has 4 heteroatoms. The summed E-state index contributed by atoms with van der Waals surface area (Å²) in [6, 6.07) is 7.95. The van der Waals surface area contributed by atoms with Gasteiger partial charge in [-0.25, -0.2) is 4.98 Å². The lowest BCUT2D eigenvalue weighted by molar-refractivity contribution is 0.102. The van der Waals surface area contributed by atoms with Gasteiger partial charge in [-0.2, -0.15) is 0 Å². The van der Waals surface area contributed by atoms with Gasteiger partial charge in [0.2, 0.25) is 5.78 Å². The molecule has 0 spiro atoms. The van der Waals surface area contributed by atoms with Gasteiger partial charge in [0.1, 0.15) is 0 Å². The number of imidazole rings is 1. The fourth-order valence-corrected chi connectivity index (χ4v) is 2.50. The van der Waals surface area contributed by atoms with E-state index >= 15 is 0 Å². The molecule has 0 bridgehead atoms. The number of aromatic nitrogens is 3. The molecule has 0 aliphatic carbocycles. The number of aryl methyl sites for hydroxylation is 2. The number of ketones is 1. The van der Waals surface area contributed by atoms with Crippen molar-refractivity contribution in [1.29, 1.82) is 0 Å². The average molecular weight is 253 g/mol. The number of benzene rings is 1. The molecule has 19 heavy (non-hydrogen) atoms. The molecule has 0 unspecified atom stereocenters. The Labute approximate surface area is 111 Å². The van der Waals surface area contributed by atoms with E-state index in [0.29, 0.717) is 5.82 Å². The van der Waals surface area contributed by atoms with Crippen molar-refractivity contribution < 1.29 is 4.79 Å². The molecule has 96 valence electrons. The zero-order valence-electron chi connectivity index (χ0n) is 11.2. The summed E-state index contributed by atoms with van der Waals surface area (Å²) < 4.78 is 3.80. The molecule has 0 atom stereocenters. The summed E-state index contributed by atoms with van der Waals surface area (Å²) in [5, 5.41) is 0.982. The van der Waals surface area contributed by atoms with E-state index in [4.69, 9.17) is 0 Å². The van der Waals surface area contributed by atoms with Crippen LogP contribution >= 0.6 is 0 Å². The van der Waals surface area contributed by atoms with Crippen molar-refractivity contribution in [2.24, 2.45) is 14.1 Å². The predicted octanol–water partition coefficient (Wildman–Crippen LogP) is 2.45. The fourth-order valence-electron chi connectivity index (χ4n) is 2.50. The number of fused-ring (bicyclic) bond motifs is 1. The maximum Gasteiger partial charge on any atom is 0.230 e. The number of rotatable bonds is 2. The molecule has 0 fully saturated rings. The molecule has 0 aliphatic heterocycles. The first-order chi connectivity index (χ1) is 9.11. The third kappa shape index (κ3) is 1.60. The van der Waals surface area contributed by atoms with E-state index in [-0.39, 0.29) is 5.78 Å². The first-order valence-electron chi connectivity index (χ1n) is 6.17. The van der Waals surface area contributed by atoms with Crippen LogP contribution in [-0.4, -0.2) is 19.9 Å². The Hall–Kier alpha value is -2.36. The van der Waals surface area contributed by atoms with Crippen LogP contribution in [0, 0.1) is 6.92 Å². The van der Waals surface area contributed by atoms with Gasteiger partial charge in [-0.05, 0) is 13.0 Å². The largest absolute Gasteiger partial charge is 0.347 e. The van der Waals surface area contributed by atoms with Crippen LogP contribution < -0.4 is 0 Å². The molecular formula is C15H15N3O. The number of carbonyl (C=O) groups is 1. The third-order valence-corrected chi connectivity index (χ3v) is 3.65. The molecule has 0 aliphatic rings. The smallest absolute Gasteiger partial charge is 0.230 e. The zero-order valence-corrected chi connectivity index (χ0v) is 11.2. The van der Waals surface area contributed by atoms with Gasteiger partial charge in [0, 0.05) is 43.1 Å². The van der Waals surface area contributed by atoms with E-state index in [0.717, 1.165) is 22.2 Å². The standard InChI is InChI=1S/C15H15N3O/c1-10-13(14(19)15-16-8-9-17(15)2)11-6-4-5-7-12(11)18(10)3/h4-9H,1-3H3. The Morgan fingerprint density at radius 3 is 2.63 bits per heavy atom. The molecule has 1 aromatic carbocycles. The SMILES string of the molecule is Cc1c(C(=O)c2nccn2C)c2ccccc2n1C. The van der Waals surface area contributed by atoms with Crippen LogP contribution in [0.25, 0.3) is 10.9 Å². The topological polar surface area (TPSA) is 39.8 Å². The lowest BCUT2D eigenvalue weighted by Crippen LogP contribution is -2.10. The molecule has 0 amide bonds. The quantitative estimate of drug-likeness (QED) is 0.658. The summed E-state index contributed by atoms with van der Waals surface area (Å²) in [6.45, 7) is 1.97. The van der Waals surface area contributed by atoms with Crippen LogP contribution in [0.5, 0.6) is 0 Å². The second-order valence-corrected chi connectivity index (χ2v) is 4.73. The lowest BCUT2D eigenvalue weighted by Gasteiger charge is -2.02. The van der Waals surface area contributed by atoms with Gasteiger partial charge >= 0.3 is 0 Å². The van der Waals surface area contributed by atoms with Crippen LogP contribution in [0.2, 0.25) is 0 Å². The Balaban J connectivity index is 2.29. The van der Waals surface area contributed by atoms with Gasteiger partial charge in [0.05, 0.1) is 5.56 Å². The number of hydrogen-bond acceptors (Lipinski definition) is 2. The predicted molar refractivity (Wildman–Crippen MR) is 74.3 cm³/mol. The number of hydrogen-bond donors (Lipinski definition) is 0. The second-order valence-electron chi connectivity index (χ2n) is 4.73. The van der Waals surface area contributed by atoms with E-state index in [2.05, 4.69) is 4.98 Å². The molecule has 0 radical (unpaired) electrons. The molecule has 2 aromatic heterocycles. The minimum Gasteiger partial charge on any atom is -0.347 e. The second kappa shape index (κ2) is 4.09. The van der Waals surface area contributed by atoms with Crippen molar-refractivity contribution in [1.82, 2.24) is 14.1 Å². The molecule has 3 rings (SSSR count). The van der Waals surface area contributed by atoms with Gasteiger partial charge in [-0.1, -0.05) is 18.2 Å². The van der Waals surface area contributed by atoms with Crippen LogP contribution in [-0.2, 0) is 14.1 Å². The summed E-state index contributed by atoms with van der Waals surface area (Å²) in [7, 11) is 3.81. The van der Waals surface area contributed by atoms with Crippen molar-refractivity contribution in [3.05, 3.63) is 53.7 Å². The van der Waals surface area contributed by atoms with Gasteiger partial charge in [-0.15, -0.1) is 0 Å². The van der Waals surface area contributed by atoms with Gasteiger partial charge in [0.25, 0.3) is 0 Å². The summed E-state index contributed by atoms with van der Waals surface area (Å²) in [4.78, 5) is 16.8. The first-order valence-corrected chi connectivity index (χ1v) is 6.17. The molecule has 4 nitrogen and oxygen atoms in total. The van der Waals surface area contributed by atoms with Crippen molar-refractivity contribution in [3.8, 4) is 0 Å². The third-order valence-electron chi connectivity index (χ3n) is 3.65. The van der Waals surface area contributed by atoms with Crippen LogP contribution in [0.4, 0.5) is 0 Å². The van der Waals surface area contributed by atoms with Crippen molar-refractivity contribution in [2.45, 2.75) is 6.92 Å². The van der Waals surface area contributed by atoms with Gasteiger partial charge in [-0.3, -0.25) is 4.79 Å². The Morgan fingerprint density at radius 1 is 1.21 bits per heavy atom. The molecule has 3 aromatic rings. The Bertz CT molecular complexity index is 780. The summed E-state index contributed by atoms with van der Waals surface area (Å²) in [5.41, 5.74) is 2.78. The first kappa shape index (κ1) is 11.7. The zero-order chi connectivity index (χ0) is 13.6. The fraction of sp³-hybridized carbons (Fsp3) is 0.200. The molecule has 0 saturated heterocycles. The van der Waals surface area contributed by atoms with Gasteiger partial charge in [0.15, 0.2) is 5.82 Å². The summed E-state index contributed by atoms with van der Waals surface area (Å²) in [6.07, 6.45) is 3.43. The van der Waals surface area contributed by atoms with Crippen molar-refractivity contribution in [2.75, 3.05) is 0 Å². The molecule has 2 heterocycles. The number of para-hydroxylation sites is 1. The van der Waals surface area contributed by atoms with Crippen LogP contribution in [0.1, 0.15) is 21.9 Å². The minimum atomic E-state index is -0.0261. The number of carbonyl (C=O) groups excluding carboxylic acids is 1. The van der Waals surface area contributed by atoms with E-state index < -0.39 is 0 Å². The highest BCUT2D eigenvalue weighted by Gasteiger charge is 2.22. The minimum absolute atomic E-state index is 0.0261. The highest BCUT2D eigenvalue weighted by Crippen LogP contribution is 2.26. The monoisotopic (exact) mass is 253 g/mol. The maximum atomic E-state index is 12.7. The molecule has 0 N–H and O–H groups in total. The summed E-state index contributed by atoms with van der Waals surface area (Å²) >= 11 is 0. The van der Waals surface area contributed by atoms with Crippen LogP contribution in [0.15, 0.2) is 36.7 Å². The average Bonchev–Trinajstić information content (AvgIpc) is 2.94. The van der Waals surface area contributed by atoms with E-state index in [1.807, 2.05) is 49.9 Å². The van der Waals surface area contributed by atoms with Crippen molar-refractivity contribution in [3.63, 3.8) is 0 Å². The molecular weight excluding hydrogens is 238 g/mol. The van der Waals surface area contributed by atoms with E-state index in [1.165, 1.54) is 0 Å². The normalized spacial score (nSPS) is 11.1. The lowest BCUT2D eigenvalue weighted by atomic mass is 10.1.